The molecule has 2 aliphatic heterocycles. The van der Waals surface area contributed by atoms with Crippen LogP contribution in [0.2, 0.25) is 5.02 Å². The van der Waals surface area contributed by atoms with Crippen LogP contribution in [0.5, 0.6) is 0 Å². The van der Waals surface area contributed by atoms with Gasteiger partial charge in [0.05, 0.1) is 22.2 Å². The lowest BCUT2D eigenvalue weighted by atomic mass is 9.77. The minimum absolute atomic E-state index is 0.0161. The van der Waals surface area contributed by atoms with E-state index in [4.69, 9.17) is 11.6 Å². The Morgan fingerprint density at radius 3 is 2.25 bits per heavy atom. The van der Waals surface area contributed by atoms with E-state index in [0.29, 0.717) is 42.3 Å². The van der Waals surface area contributed by atoms with Crippen LogP contribution < -0.4 is 0 Å². The molecule has 1 atom stereocenters. The number of carbonyl (C=O) groups excluding carboxylic acids is 3. The third-order valence-electron chi connectivity index (χ3n) is 10.1. The van der Waals surface area contributed by atoms with Crippen LogP contribution in [-0.2, 0) is 6.42 Å². The largest absolute Gasteiger partial charge is 0.339 e. The Balaban J connectivity index is 1.04. The maximum atomic E-state index is 14.2. The second-order valence-electron chi connectivity index (χ2n) is 12.8. The summed E-state index contributed by atoms with van der Waals surface area (Å²) < 4.78 is 27.5. The normalized spacial score (nSPS) is 20.6. The monoisotopic (exact) mass is 617 g/mol. The van der Waals surface area contributed by atoms with E-state index in [9.17, 15) is 23.2 Å². The summed E-state index contributed by atoms with van der Waals surface area (Å²) in [6, 6.07) is 16.3. The van der Waals surface area contributed by atoms with Crippen LogP contribution in [0.1, 0.15) is 86.8 Å². The number of hydrogen-bond acceptors (Lipinski definition) is 3. The van der Waals surface area contributed by atoms with Gasteiger partial charge in [-0.1, -0.05) is 29.8 Å². The smallest absolute Gasteiger partial charge is 0.256 e. The number of carbonyl (C=O) groups is 3. The molecule has 3 aromatic rings. The molecule has 2 aliphatic carbocycles. The Kier molecular flexibility index (Phi) is 7.43. The molecule has 3 fully saturated rings. The maximum absolute atomic E-state index is 14.2. The van der Waals surface area contributed by atoms with Gasteiger partial charge in [0.15, 0.2) is 0 Å². The number of piperidine rings is 1. The molecular weight excluding hydrogens is 584 g/mol. The Hall–Kier alpha value is -3.78. The van der Waals surface area contributed by atoms with Crippen molar-refractivity contribution in [1.82, 2.24) is 14.7 Å². The molecule has 1 spiro atoms. The SMILES string of the molecule is O=C(c1ccc2c(c1)C(N(C(=O)c1ccccc1Cl)C1CC1)CC2)N1CCC2(CCN(C(=O)c3ccc(F)cc3F)CC2)C1. The molecule has 2 saturated heterocycles. The molecule has 0 N–H and O–H groups in total. The molecule has 0 aromatic heterocycles. The van der Waals surface area contributed by atoms with Crippen LogP contribution in [0.4, 0.5) is 8.78 Å². The zero-order valence-electron chi connectivity index (χ0n) is 24.4. The number of aryl methyl sites for hydroxylation is 1. The molecule has 44 heavy (non-hydrogen) atoms. The van der Waals surface area contributed by atoms with Crippen LogP contribution >= 0.6 is 11.6 Å². The topological polar surface area (TPSA) is 60.9 Å². The molecule has 0 bridgehead atoms. The van der Waals surface area contributed by atoms with Gasteiger partial charge in [0, 0.05) is 43.9 Å². The van der Waals surface area contributed by atoms with Crippen molar-refractivity contribution in [3.8, 4) is 0 Å². The van der Waals surface area contributed by atoms with Gasteiger partial charge in [0.1, 0.15) is 11.6 Å². The highest BCUT2D eigenvalue weighted by molar-refractivity contribution is 6.33. The number of rotatable bonds is 5. The van der Waals surface area contributed by atoms with Gasteiger partial charge in [-0.2, -0.15) is 0 Å². The summed E-state index contributed by atoms with van der Waals surface area (Å²) in [6.45, 7) is 2.18. The third-order valence-corrected chi connectivity index (χ3v) is 10.4. The number of benzene rings is 3. The first kappa shape index (κ1) is 29.0. The molecule has 1 unspecified atom stereocenters. The number of amides is 3. The van der Waals surface area contributed by atoms with E-state index < -0.39 is 17.5 Å². The predicted molar refractivity (Wildman–Crippen MR) is 163 cm³/mol. The molecule has 7 rings (SSSR count). The van der Waals surface area contributed by atoms with Gasteiger partial charge in [-0.3, -0.25) is 14.4 Å². The molecule has 4 aliphatic rings. The fraction of sp³-hybridized carbons (Fsp3) is 0.400. The summed E-state index contributed by atoms with van der Waals surface area (Å²) in [5.74, 6) is -2.06. The highest BCUT2D eigenvalue weighted by Crippen LogP contribution is 2.44. The highest BCUT2D eigenvalue weighted by atomic mass is 35.5. The summed E-state index contributed by atoms with van der Waals surface area (Å²) >= 11 is 6.41. The molecule has 9 heteroatoms. The summed E-state index contributed by atoms with van der Waals surface area (Å²) in [7, 11) is 0. The van der Waals surface area contributed by atoms with Crippen molar-refractivity contribution in [2.75, 3.05) is 26.2 Å². The summed E-state index contributed by atoms with van der Waals surface area (Å²) in [5.41, 5.74) is 3.17. The first-order valence-electron chi connectivity index (χ1n) is 15.5. The van der Waals surface area contributed by atoms with Crippen LogP contribution in [0.15, 0.2) is 60.7 Å². The van der Waals surface area contributed by atoms with Crippen molar-refractivity contribution in [2.24, 2.45) is 5.41 Å². The fourth-order valence-corrected chi connectivity index (χ4v) is 7.62. The molecule has 3 aromatic carbocycles. The number of hydrogen-bond donors (Lipinski definition) is 0. The van der Waals surface area contributed by atoms with Crippen LogP contribution in [0.25, 0.3) is 0 Å². The number of nitrogens with zero attached hydrogens (tertiary/aromatic N) is 3. The number of likely N-dealkylation sites (tertiary alicyclic amines) is 2. The second kappa shape index (κ2) is 11.3. The number of halogens is 3. The van der Waals surface area contributed by atoms with Gasteiger partial charge in [-0.15, -0.1) is 0 Å². The van der Waals surface area contributed by atoms with E-state index in [1.54, 1.807) is 17.0 Å². The summed E-state index contributed by atoms with van der Waals surface area (Å²) in [5, 5.41) is 0.450. The standard InChI is InChI=1S/C35H34ClF2N3O3/c36-29-4-2-1-3-26(29)34(44)41(25-9-10-25)31-12-7-22-5-6-23(19-28(22)31)32(42)40-18-15-35(21-40)13-16-39(17-14-35)33(43)27-11-8-24(37)20-30(27)38/h1-6,8,11,19-20,25,31H,7,9-10,12-18,21H2. The zero-order valence-corrected chi connectivity index (χ0v) is 25.2. The molecule has 3 amide bonds. The van der Waals surface area contributed by atoms with Crippen LogP contribution in [0, 0.1) is 17.0 Å². The van der Waals surface area contributed by atoms with Crippen molar-refractivity contribution in [1.29, 1.82) is 0 Å². The van der Waals surface area contributed by atoms with E-state index in [1.807, 2.05) is 40.1 Å². The molecule has 228 valence electrons. The zero-order chi connectivity index (χ0) is 30.6. The Morgan fingerprint density at radius 1 is 0.818 bits per heavy atom. The first-order chi connectivity index (χ1) is 21.2. The van der Waals surface area contributed by atoms with Crippen LogP contribution in [0.3, 0.4) is 0 Å². The van der Waals surface area contributed by atoms with E-state index in [2.05, 4.69) is 0 Å². The first-order valence-corrected chi connectivity index (χ1v) is 15.8. The van der Waals surface area contributed by atoms with Crippen molar-refractivity contribution in [3.05, 3.63) is 105 Å². The Labute approximate surface area is 260 Å². The van der Waals surface area contributed by atoms with E-state index in [0.717, 1.165) is 62.6 Å². The van der Waals surface area contributed by atoms with Gasteiger partial charge in [-0.05, 0) is 97.9 Å². The van der Waals surface area contributed by atoms with Gasteiger partial charge < -0.3 is 14.7 Å². The lowest BCUT2D eigenvalue weighted by molar-refractivity contribution is 0.0561. The molecular formula is C35H34ClF2N3O3. The van der Waals surface area contributed by atoms with Crippen molar-refractivity contribution in [3.63, 3.8) is 0 Å². The average Bonchev–Trinajstić information content (AvgIpc) is 3.65. The Morgan fingerprint density at radius 2 is 1.55 bits per heavy atom. The van der Waals surface area contributed by atoms with Crippen molar-refractivity contribution >= 4 is 29.3 Å². The quantitative estimate of drug-likeness (QED) is 0.321. The molecule has 2 heterocycles. The molecule has 0 radical (unpaired) electrons. The average molecular weight is 618 g/mol. The van der Waals surface area contributed by atoms with E-state index >= 15 is 0 Å². The summed E-state index contributed by atoms with van der Waals surface area (Å²) in [4.78, 5) is 46.0. The van der Waals surface area contributed by atoms with Crippen LogP contribution in [-0.4, -0.2) is 64.6 Å². The summed E-state index contributed by atoms with van der Waals surface area (Å²) in [6.07, 6.45) is 5.91. The lowest BCUT2D eigenvalue weighted by Gasteiger charge is -2.39. The second-order valence-corrected chi connectivity index (χ2v) is 13.2. The molecule has 6 nitrogen and oxygen atoms in total. The van der Waals surface area contributed by atoms with Crippen molar-refractivity contribution < 1.29 is 23.2 Å². The van der Waals surface area contributed by atoms with Gasteiger partial charge in [0.25, 0.3) is 17.7 Å². The third kappa shape index (κ3) is 5.27. The van der Waals surface area contributed by atoms with E-state index in [-0.39, 0.29) is 34.9 Å². The minimum Gasteiger partial charge on any atom is -0.339 e. The van der Waals surface area contributed by atoms with E-state index in [1.165, 1.54) is 11.6 Å². The van der Waals surface area contributed by atoms with Gasteiger partial charge in [0.2, 0.25) is 0 Å². The molecule has 1 saturated carbocycles. The van der Waals surface area contributed by atoms with Crippen molar-refractivity contribution in [2.45, 2.75) is 57.0 Å². The Bertz CT molecular complexity index is 1650. The van der Waals surface area contributed by atoms with Gasteiger partial charge in [-0.25, -0.2) is 8.78 Å². The minimum atomic E-state index is -0.849. The van der Waals surface area contributed by atoms with Gasteiger partial charge >= 0.3 is 0 Å². The number of fused-ring (bicyclic) bond motifs is 1. The fourth-order valence-electron chi connectivity index (χ4n) is 7.41. The highest BCUT2D eigenvalue weighted by Gasteiger charge is 2.44. The maximum Gasteiger partial charge on any atom is 0.256 e. The lowest BCUT2D eigenvalue weighted by Crippen LogP contribution is -2.45. The predicted octanol–water partition coefficient (Wildman–Crippen LogP) is 6.68.